The number of benzene rings is 2. The summed E-state index contributed by atoms with van der Waals surface area (Å²) in [6.45, 7) is 1.07. The number of aromatic hydroxyl groups is 1. The molecular weight excluding hydrogens is 327 g/mol. The van der Waals surface area contributed by atoms with Crippen molar-refractivity contribution >= 4 is 11.4 Å². The Morgan fingerprint density at radius 1 is 1.12 bits per heavy atom. The van der Waals surface area contributed by atoms with Crippen LogP contribution in [0.4, 0.5) is 15.8 Å². The molecule has 3 atom stereocenters. The summed E-state index contributed by atoms with van der Waals surface area (Å²) in [5.41, 5.74) is 3.85. The van der Waals surface area contributed by atoms with Gasteiger partial charge in [0, 0.05) is 11.5 Å². The lowest BCUT2D eigenvalue weighted by Gasteiger charge is -2.56. The van der Waals surface area contributed by atoms with Crippen LogP contribution in [0, 0.1) is 11.7 Å². The first kappa shape index (κ1) is 16.1. The SMILES string of the molecule is Oc1cc2c(cc1Nc1ccccc1F)C[C@H]1NCC[C@@]23CCCC[C@@H]13. The summed E-state index contributed by atoms with van der Waals surface area (Å²) in [5, 5.41) is 17.5. The first-order valence-electron chi connectivity index (χ1n) is 9.79. The molecule has 0 aromatic heterocycles. The van der Waals surface area contributed by atoms with E-state index in [0.29, 0.717) is 23.3 Å². The Balaban J connectivity index is 1.57. The van der Waals surface area contributed by atoms with Gasteiger partial charge in [0.1, 0.15) is 11.6 Å². The average Bonchev–Trinajstić information content (AvgIpc) is 2.65. The maximum Gasteiger partial charge on any atom is 0.146 e. The fraction of sp³-hybridized carbons (Fsp3) is 0.455. The van der Waals surface area contributed by atoms with Crippen LogP contribution in [0.2, 0.25) is 0 Å². The zero-order valence-corrected chi connectivity index (χ0v) is 14.9. The molecule has 2 aliphatic carbocycles. The second-order valence-corrected chi connectivity index (χ2v) is 8.15. The number of para-hydroxylation sites is 1. The summed E-state index contributed by atoms with van der Waals surface area (Å²) in [6, 6.07) is 11.1. The van der Waals surface area contributed by atoms with Crippen LogP contribution in [-0.4, -0.2) is 17.7 Å². The van der Waals surface area contributed by atoms with Crippen LogP contribution < -0.4 is 10.6 Å². The van der Waals surface area contributed by atoms with Gasteiger partial charge in [-0.25, -0.2) is 4.39 Å². The van der Waals surface area contributed by atoms with Gasteiger partial charge in [-0.05, 0) is 73.5 Å². The Kier molecular flexibility index (Phi) is 3.71. The quantitative estimate of drug-likeness (QED) is 0.691. The summed E-state index contributed by atoms with van der Waals surface area (Å²) in [6.07, 6.45) is 7.25. The molecule has 1 saturated carbocycles. The van der Waals surface area contributed by atoms with Crippen molar-refractivity contribution in [1.29, 1.82) is 0 Å². The van der Waals surface area contributed by atoms with Crippen molar-refractivity contribution in [1.82, 2.24) is 5.32 Å². The first-order valence-corrected chi connectivity index (χ1v) is 9.79. The molecule has 26 heavy (non-hydrogen) atoms. The van der Waals surface area contributed by atoms with E-state index in [4.69, 9.17) is 0 Å². The zero-order chi connectivity index (χ0) is 17.7. The maximum absolute atomic E-state index is 14.0. The lowest BCUT2D eigenvalue weighted by molar-refractivity contribution is 0.0796. The molecule has 0 amide bonds. The van der Waals surface area contributed by atoms with Crippen LogP contribution in [0.3, 0.4) is 0 Å². The molecule has 5 rings (SSSR count). The van der Waals surface area contributed by atoms with Crippen molar-refractivity contribution < 1.29 is 9.50 Å². The highest BCUT2D eigenvalue weighted by molar-refractivity contribution is 5.69. The standard InChI is InChI=1S/C22H25FN2O/c23-17-6-1-2-7-18(17)25-20-12-14-11-19-15-5-3-4-8-22(15,9-10-24-19)16(14)13-21(20)26/h1-2,6-7,12-13,15,19,24-26H,3-5,8-11H2/t15-,19+,22+/m0/s1. The number of piperidine rings is 1. The van der Waals surface area contributed by atoms with Crippen LogP contribution in [0.15, 0.2) is 36.4 Å². The van der Waals surface area contributed by atoms with Gasteiger partial charge in [-0.15, -0.1) is 0 Å². The number of hydrogen-bond donors (Lipinski definition) is 3. The number of anilines is 2. The molecule has 0 radical (unpaired) electrons. The van der Waals surface area contributed by atoms with E-state index in [1.165, 1.54) is 42.9 Å². The van der Waals surface area contributed by atoms with Gasteiger partial charge in [0.15, 0.2) is 0 Å². The second kappa shape index (κ2) is 5.98. The minimum absolute atomic E-state index is 0.218. The van der Waals surface area contributed by atoms with E-state index in [1.54, 1.807) is 18.2 Å². The van der Waals surface area contributed by atoms with Crippen LogP contribution in [-0.2, 0) is 11.8 Å². The second-order valence-electron chi connectivity index (χ2n) is 8.15. The molecule has 1 heterocycles. The highest BCUT2D eigenvalue weighted by Gasteiger charge is 2.51. The minimum atomic E-state index is -0.311. The van der Waals surface area contributed by atoms with E-state index in [2.05, 4.69) is 10.6 Å². The Hall–Kier alpha value is -2.07. The van der Waals surface area contributed by atoms with Gasteiger partial charge in [0.2, 0.25) is 0 Å². The van der Waals surface area contributed by atoms with Crippen molar-refractivity contribution in [2.75, 3.05) is 11.9 Å². The predicted molar refractivity (Wildman–Crippen MR) is 102 cm³/mol. The van der Waals surface area contributed by atoms with Gasteiger partial charge in [0.05, 0.1) is 11.4 Å². The van der Waals surface area contributed by atoms with Gasteiger partial charge >= 0.3 is 0 Å². The summed E-state index contributed by atoms with van der Waals surface area (Å²) >= 11 is 0. The van der Waals surface area contributed by atoms with Crippen molar-refractivity contribution in [3.05, 3.63) is 53.3 Å². The van der Waals surface area contributed by atoms with Crippen LogP contribution in [0.25, 0.3) is 0 Å². The monoisotopic (exact) mass is 352 g/mol. The van der Waals surface area contributed by atoms with Crippen LogP contribution in [0.1, 0.15) is 43.2 Å². The fourth-order valence-electron chi connectivity index (χ4n) is 5.78. The molecule has 0 unspecified atom stereocenters. The van der Waals surface area contributed by atoms with E-state index < -0.39 is 0 Å². The van der Waals surface area contributed by atoms with Crippen molar-refractivity contribution in [3.63, 3.8) is 0 Å². The van der Waals surface area contributed by atoms with Gasteiger partial charge in [-0.1, -0.05) is 25.0 Å². The van der Waals surface area contributed by atoms with Gasteiger partial charge in [0.25, 0.3) is 0 Å². The molecule has 4 heteroatoms. The highest BCUT2D eigenvalue weighted by atomic mass is 19.1. The topological polar surface area (TPSA) is 44.3 Å². The molecule has 0 spiro atoms. The summed E-state index contributed by atoms with van der Waals surface area (Å²) in [5.74, 6) is 0.596. The van der Waals surface area contributed by atoms with Crippen molar-refractivity contribution in [3.8, 4) is 5.75 Å². The largest absolute Gasteiger partial charge is 0.506 e. The van der Waals surface area contributed by atoms with Crippen molar-refractivity contribution in [2.45, 2.75) is 50.0 Å². The third-order valence-corrected chi connectivity index (χ3v) is 6.90. The molecule has 2 aromatic rings. The summed E-state index contributed by atoms with van der Waals surface area (Å²) in [4.78, 5) is 0. The average molecular weight is 352 g/mol. The smallest absolute Gasteiger partial charge is 0.146 e. The van der Waals surface area contributed by atoms with Crippen LogP contribution in [0.5, 0.6) is 5.75 Å². The van der Waals surface area contributed by atoms with Crippen LogP contribution >= 0.6 is 0 Å². The molecule has 3 aliphatic rings. The number of phenolic OH excluding ortho intramolecular Hbond substituents is 1. The number of phenols is 1. The molecule has 2 bridgehead atoms. The number of nitrogens with one attached hydrogen (secondary N) is 2. The molecule has 136 valence electrons. The molecule has 1 saturated heterocycles. The molecule has 1 aliphatic heterocycles. The highest BCUT2D eigenvalue weighted by Crippen LogP contribution is 2.55. The van der Waals surface area contributed by atoms with E-state index in [-0.39, 0.29) is 17.0 Å². The number of fused-ring (bicyclic) bond motifs is 1. The molecule has 2 aromatic carbocycles. The Labute approximate surface area is 153 Å². The lowest BCUT2D eigenvalue weighted by atomic mass is 9.53. The summed E-state index contributed by atoms with van der Waals surface area (Å²) in [7, 11) is 0. The molecule has 3 nitrogen and oxygen atoms in total. The first-order chi connectivity index (χ1) is 12.7. The van der Waals surface area contributed by atoms with Gasteiger partial charge < -0.3 is 15.7 Å². The molecule has 3 N–H and O–H groups in total. The number of hydrogen-bond acceptors (Lipinski definition) is 3. The number of halogens is 1. The third kappa shape index (κ3) is 2.35. The van der Waals surface area contributed by atoms with Crippen molar-refractivity contribution in [2.24, 2.45) is 5.92 Å². The van der Waals surface area contributed by atoms with E-state index in [0.717, 1.165) is 19.4 Å². The lowest BCUT2D eigenvalue weighted by Crippen LogP contribution is -2.59. The minimum Gasteiger partial charge on any atom is -0.506 e. The Morgan fingerprint density at radius 2 is 2.00 bits per heavy atom. The summed E-state index contributed by atoms with van der Waals surface area (Å²) < 4.78 is 14.0. The predicted octanol–water partition coefficient (Wildman–Crippen LogP) is 4.62. The Bertz CT molecular complexity index is 848. The third-order valence-electron chi connectivity index (χ3n) is 6.90. The van der Waals surface area contributed by atoms with E-state index in [1.807, 2.05) is 12.1 Å². The maximum atomic E-state index is 14.0. The van der Waals surface area contributed by atoms with E-state index in [9.17, 15) is 9.50 Å². The van der Waals surface area contributed by atoms with Gasteiger partial charge in [-0.2, -0.15) is 0 Å². The number of rotatable bonds is 2. The molecular formula is C22H25FN2O. The Morgan fingerprint density at radius 3 is 2.88 bits per heavy atom. The normalized spacial score (nSPS) is 29.6. The van der Waals surface area contributed by atoms with E-state index >= 15 is 0 Å². The fourth-order valence-corrected chi connectivity index (χ4v) is 5.78. The zero-order valence-electron chi connectivity index (χ0n) is 14.9. The van der Waals surface area contributed by atoms with Gasteiger partial charge in [-0.3, -0.25) is 0 Å². The molecule has 2 fully saturated rings.